The predicted octanol–water partition coefficient (Wildman–Crippen LogP) is 5.15. The fourth-order valence-electron chi connectivity index (χ4n) is 3.42. The van der Waals surface area contributed by atoms with E-state index in [1.54, 1.807) is 56.8 Å². The largest absolute Gasteiger partial charge is 0.493 e. The van der Waals surface area contributed by atoms with Gasteiger partial charge in [-0.15, -0.1) is 0 Å². The summed E-state index contributed by atoms with van der Waals surface area (Å²) in [6.07, 6.45) is 3.01. The van der Waals surface area contributed by atoms with Crippen molar-refractivity contribution in [3.05, 3.63) is 66.1 Å². The van der Waals surface area contributed by atoms with Gasteiger partial charge in [-0.05, 0) is 30.3 Å². The average molecular weight is 451 g/mol. The van der Waals surface area contributed by atoms with Crippen molar-refractivity contribution in [2.45, 2.75) is 6.92 Å². The number of halogens is 1. The summed E-state index contributed by atoms with van der Waals surface area (Å²) in [5.74, 6) is 0.855. The fourth-order valence-corrected chi connectivity index (χ4v) is 3.64. The molecule has 0 saturated heterocycles. The maximum Gasteiger partial charge on any atom is 0.248 e. The van der Waals surface area contributed by atoms with Crippen LogP contribution in [-0.4, -0.2) is 35.3 Å². The van der Waals surface area contributed by atoms with E-state index >= 15 is 0 Å². The lowest BCUT2D eigenvalue weighted by Crippen LogP contribution is -2.23. The normalized spacial score (nSPS) is 10.6. The second-order valence-electron chi connectivity index (χ2n) is 6.65. The molecule has 4 rings (SSSR count). The summed E-state index contributed by atoms with van der Waals surface area (Å²) >= 11 is 6.40. The van der Waals surface area contributed by atoms with Gasteiger partial charge in [0.2, 0.25) is 11.8 Å². The van der Waals surface area contributed by atoms with Gasteiger partial charge in [0.1, 0.15) is 12.0 Å². The van der Waals surface area contributed by atoms with Crippen molar-refractivity contribution in [3.63, 3.8) is 0 Å². The van der Waals surface area contributed by atoms with Crippen LogP contribution in [-0.2, 0) is 4.79 Å². The van der Waals surface area contributed by atoms with Crippen molar-refractivity contribution in [2.75, 3.05) is 19.1 Å². The van der Waals surface area contributed by atoms with Crippen molar-refractivity contribution in [3.8, 4) is 34.0 Å². The first kappa shape index (κ1) is 21.3. The van der Waals surface area contributed by atoms with Gasteiger partial charge in [0, 0.05) is 13.1 Å². The van der Waals surface area contributed by atoms with Gasteiger partial charge in [0.25, 0.3) is 0 Å². The minimum atomic E-state index is -0.311. The molecule has 2 aromatic carbocycles. The molecule has 0 N–H and O–H groups in total. The van der Waals surface area contributed by atoms with Gasteiger partial charge in [-0.1, -0.05) is 35.0 Å². The number of para-hydroxylation sites is 2. The molecule has 0 atom stereocenters. The van der Waals surface area contributed by atoms with Gasteiger partial charge in [0.15, 0.2) is 11.5 Å². The highest BCUT2D eigenvalue weighted by Crippen LogP contribution is 2.46. The highest BCUT2D eigenvalue weighted by molar-refractivity contribution is 6.34. The number of benzene rings is 2. The second kappa shape index (κ2) is 9.07. The Hall–Kier alpha value is -3.91. The van der Waals surface area contributed by atoms with Gasteiger partial charge < -0.3 is 14.0 Å². The number of hydrogen-bond acceptors (Lipinski definition) is 7. The maximum absolute atomic E-state index is 12.8. The summed E-state index contributed by atoms with van der Waals surface area (Å²) < 4.78 is 16.8. The van der Waals surface area contributed by atoms with Crippen LogP contribution in [0.15, 0.2) is 65.6 Å². The van der Waals surface area contributed by atoms with Crippen molar-refractivity contribution < 1.29 is 18.8 Å². The van der Waals surface area contributed by atoms with E-state index in [1.165, 1.54) is 18.2 Å². The topological polar surface area (TPSA) is 90.6 Å². The molecule has 0 aliphatic rings. The fraction of sp³-hybridized carbons (Fsp3) is 0.130. The zero-order valence-electron chi connectivity index (χ0n) is 17.6. The van der Waals surface area contributed by atoms with Crippen LogP contribution < -0.4 is 14.4 Å². The summed E-state index contributed by atoms with van der Waals surface area (Å²) in [7, 11) is 3.09. The number of carbonyl (C=O) groups is 1. The van der Waals surface area contributed by atoms with Gasteiger partial charge in [-0.25, -0.2) is 14.9 Å². The number of methoxy groups -OCH3 is 2. The number of amides is 1. The monoisotopic (exact) mass is 450 g/mol. The van der Waals surface area contributed by atoms with E-state index in [1.807, 2.05) is 12.1 Å². The number of ether oxygens (including phenoxy) is 2. The maximum atomic E-state index is 12.8. The Morgan fingerprint density at radius 2 is 1.88 bits per heavy atom. The third-order valence-corrected chi connectivity index (χ3v) is 5.10. The van der Waals surface area contributed by atoms with E-state index in [0.717, 1.165) is 0 Å². The van der Waals surface area contributed by atoms with Crippen molar-refractivity contribution in [1.29, 1.82) is 0 Å². The molecule has 0 aliphatic carbocycles. The highest BCUT2D eigenvalue weighted by Gasteiger charge is 2.30. The van der Waals surface area contributed by atoms with Crippen LogP contribution in [0.5, 0.6) is 11.5 Å². The first-order valence-corrected chi connectivity index (χ1v) is 9.97. The molecule has 4 aromatic rings. The summed E-state index contributed by atoms with van der Waals surface area (Å²) in [4.78, 5) is 22.5. The SMILES string of the molecule is COc1cccc(-c2noc(N(C(C)=O)c3ccccc3Cl)c2-c2ccncn2)c1OC. The number of nitrogens with zero attached hydrogens (tertiary/aromatic N) is 4. The molecule has 0 radical (unpaired) electrons. The second-order valence-corrected chi connectivity index (χ2v) is 7.06. The molecule has 0 bridgehead atoms. The zero-order valence-corrected chi connectivity index (χ0v) is 18.3. The van der Waals surface area contributed by atoms with Crippen LogP contribution in [0, 0.1) is 0 Å². The lowest BCUT2D eigenvalue weighted by molar-refractivity contribution is -0.116. The van der Waals surface area contributed by atoms with Gasteiger partial charge in [0.05, 0.1) is 41.8 Å². The minimum Gasteiger partial charge on any atom is -0.493 e. The molecule has 0 saturated carbocycles. The quantitative estimate of drug-likeness (QED) is 0.401. The van der Waals surface area contributed by atoms with Crippen LogP contribution in [0.1, 0.15) is 6.92 Å². The summed E-state index contributed by atoms with van der Waals surface area (Å²) in [5.41, 5.74) is 2.48. The molecule has 0 aliphatic heterocycles. The number of aromatic nitrogens is 3. The molecule has 0 spiro atoms. The summed E-state index contributed by atoms with van der Waals surface area (Å²) in [6.45, 7) is 1.42. The van der Waals surface area contributed by atoms with E-state index in [9.17, 15) is 4.79 Å². The molecule has 1 amide bonds. The first-order chi connectivity index (χ1) is 15.6. The standard InChI is InChI=1S/C23H19ClN4O4/c1-14(29)28(18-9-5-4-8-16(18)24)23-20(17-11-12-25-13-26-17)21(27-32-23)15-7-6-10-19(30-2)22(15)31-3/h4-13H,1-3H3. The van der Waals surface area contributed by atoms with Crippen LogP contribution >= 0.6 is 11.6 Å². The van der Waals surface area contributed by atoms with Crippen LogP contribution in [0.3, 0.4) is 0 Å². The third-order valence-electron chi connectivity index (χ3n) is 4.78. The Balaban J connectivity index is 2.02. The number of anilines is 2. The lowest BCUT2D eigenvalue weighted by atomic mass is 10.0. The lowest BCUT2D eigenvalue weighted by Gasteiger charge is -2.20. The molecule has 0 fully saturated rings. The van der Waals surface area contributed by atoms with Crippen molar-refractivity contribution >= 4 is 29.1 Å². The Kier molecular flexibility index (Phi) is 6.04. The van der Waals surface area contributed by atoms with Crippen LogP contribution in [0.2, 0.25) is 5.02 Å². The van der Waals surface area contributed by atoms with Gasteiger partial charge in [-0.2, -0.15) is 0 Å². The van der Waals surface area contributed by atoms with E-state index in [4.69, 9.17) is 25.6 Å². The Labute approximate surface area is 189 Å². The van der Waals surface area contributed by atoms with E-state index in [-0.39, 0.29) is 11.8 Å². The highest BCUT2D eigenvalue weighted by atomic mass is 35.5. The minimum absolute atomic E-state index is 0.171. The zero-order chi connectivity index (χ0) is 22.7. The van der Waals surface area contributed by atoms with E-state index < -0.39 is 0 Å². The molecular weight excluding hydrogens is 432 g/mol. The number of carbonyl (C=O) groups excluding carboxylic acids is 1. The molecule has 9 heteroatoms. The average Bonchev–Trinajstić information content (AvgIpc) is 3.24. The smallest absolute Gasteiger partial charge is 0.248 e. The summed E-state index contributed by atoms with van der Waals surface area (Å²) in [6, 6.07) is 14.1. The summed E-state index contributed by atoms with van der Waals surface area (Å²) in [5, 5.41) is 4.68. The predicted molar refractivity (Wildman–Crippen MR) is 120 cm³/mol. The Bertz CT molecular complexity index is 1260. The molecule has 8 nitrogen and oxygen atoms in total. The third kappa shape index (κ3) is 3.76. The molecular formula is C23H19ClN4O4. The molecule has 32 heavy (non-hydrogen) atoms. The Morgan fingerprint density at radius 3 is 2.53 bits per heavy atom. The first-order valence-electron chi connectivity index (χ1n) is 9.59. The van der Waals surface area contributed by atoms with Gasteiger partial charge >= 0.3 is 0 Å². The van der Waals surface area contributed by atoms with Crippen LogP contribution in [0.25, 0.3) is 22.5 Å². The molecule has 2 aromatic heterocycles. The van der Waals surface area contributed by atoms with Crippen molar-refractivity contribution in [1.82, 2.24) is 15.1 Å². The van der Waals surface area contributed by atoms with E-state index in [2.05, 4.69) is 15.1 Å². The van der Waals surface area contributed by atoms with Crippen LogP contribution in [0.4, 0.5) is 11.6 Å². The number of rotatable bonds is 6. The van der Waals surface area contributed by atoms with Gasteiger partial charge in [-0.3, -0.25) is 4.79 Å². The Morgan fingerprint density at radius 1 is 1.06 bits per heavy atom. The molecule has 2 heterocycles. The number of hydrogen-bond donors (Lipinski definition) is 0. The molecule has 0 unspecified atom stereocenters. The van der Waals surface area contributed by atoms with E-state index in [0.29, 0.717) is 44.7 Å². The molecule has 162 valence electrons. The van der Waals surface area contributed by atoms with Crippen molar-refractivity contribution in [2.24, 2.45) is 0 Å².